The predicted octanol–water partition coefficient (Wildman–Crippen LogP) is 3.80. The van der Waals surface area contributed by atoms with E-state index in [9.17, 15) is 9.90 Å². The van der Waals surface area contributed by atoms with E-state index in [0.29, 0.717) is 22.6 Å². The summed E-state index contributed by atoms with van der Waals surface area (Å²) in [5.41, 5.74) is 2.30. The molecule has 0 amide bonds. The molecule has 1 aromatic carbocycles. The summed E-state index contributed by atoms with van der Waals surface area (Å²) in [7, 11) is 0. The lowest BCUT2D eigenvalue weighted by molar-refractivity contribution is 0.0700. The molecular formula is C16H10BrNO4. The molecule has 110 valence electrons. The lowest BCUT2D eigenvalue weighted by Gasteiger charge is -2.06. The highest BCUT2D eigenvalue weighted by atomic mass is 79.9. The standard InChI is InChI=1S/C16H10BrNO4/c17-11-6-14-13(21-8-22-14)5-9(11)10-7-18-4-2-1-3-12(18)15(10)16(19)20/h1-7H,8H2,(H,19,20). The Kier molecular flexibility index (Phi) is 2.87. The zero-order chi connectivity index (χ0) is 15.3. The van der Waals surface area contributed by atoms with Crippen LogP contribution in [0.15, 0.2) is 47.2 Å². The molecule has 0 fully saturated rings. The number of carboxylic acids is 1. The van der Waals surface area contributed by atoms with Gasteiger partial charge in [0.2, 0.25) is 6.79 Å². The van der Waals surface area contributed by atoms with Crippen LogP contribution in [0.4, 0.5) is 0 Å². The third-order valence-corrected chi connectivity index (χ3v) is 4.31. The fourth-order valence-corrected chi connectivity index (χ4v) is 3.21. The van der Waals surface area contributed by atoms with Crippen LogP contribution in [0.3, 0.4) is 0 Å². The molecule has 1 aliphatic rings. The van der Waals surface area contributed by atoms with Gasteiger partial charge in [-0.1, -0.05) is 22.0 Å². The molecule has 0 spiro atoms. The first-order valence-electron chi connectivity index (χ1n) is 6.57. The van der Waals surface area contributed by atoms with Crippen molar-refractivity contribution in [2.24, 2.45) is 0 Å². The first-order valence-corrected chi connectivity index (χ1v) is 7.37. The Labute approximate surface area is 133 Å². The molecule has 0 saturated heterocycles. The van der Waals surface area contributed by atoms with Crippen LogP contribution in [-0.2, 0) is 0 Å². The molecule has 6 heteroatoms. The maximum Gasteiger partial charge on any atom is 0.338 e. The number of benzene rings is 1. The van der Waals surface area contributed by atoms with Crippen molar-refractivity contribution < 1.29 is 19.4 Å². The SMILES string of the molecule is O=C(O)c1c(-c2cc3c(cc2Br)OCO3)cn2ccccc12. The van der Waals surface area contributed by atoms with Gasteiger partial charge in [-0.25, -0.2) is 4.79 Å². The number of nitrogens with zero attached hydrogens (tertiary/aromatic N) is 1. The number of rotatable bonds is 2. The average Bonchev–Trinajstić information content (AvgIpc) is 3.08. The van der Waals surface area contributed by atoms with Crippen LogP contribution in [0.25, 0.3) is 16.6 Å². The van der Waals surface area contributed by atoms with Crippen molar-refractivity contribution in [3.8, 4) is 22.6 Å². The van der Waals surface area contributed by atoms with Gasteiger partial charge in [-0.3, -0.25) is 0 Å². The number of aromatic carboxylic acids is 1. The number of fused-ring (bicyclic) bond motifs is 2. The number of halogens is 1. The first kappa shape index (κ1) is 13.2. The van der Waals surface area contributed by atoms with Crippen molar-refractivity contribution in [3.05, 3.63) is 52.8 Å². The van der Waals surface area contributed by atoms with Crippen molar-refractivity contribution >= 4 is 27.4 Å². The Bertz CT molecular complexity index is 916. The summed E-state index contributed by atoms with van der Waals surface area (Å²) >= 11 is 3.49. The van der Waals surface area contributed by atoms with Crippen molar-refractivity contribution in [2.75, 3.05) is 6.79 Å². The molecule has 5 nitrogen and oxygen atoms in total. The molecular weight excluding hydrogens is 350 g/mol. The van der Waals surface area contributed by atoms with E-state index < -0.39 is 5.97 Å². The van der Waals surface area contributed by atoms with Crippen molar-refractivity contribution in [2.45, 2.75) is 0 Å². The molecule has 0 radical (unpaired) electrons. The number of pyridine rings is 1. The summed E-state index contributed by atoms with van der Waals surface area (Å²) in [6.07, 6.45) is 3.63. The van der Waals surface area contributed by atoms with Gasteiger partial charge in [0, 0.05) is 28.0 Å². The molecule has 0 saturated carbocycles. The predicted molar refractivity (Wildman–Crippen MR) is 83.6 cm³/mol. The highest BCUT2D eigenvalue weighted by Gasteiger charge is 2.23. The highest BCUT2D eigenvalue weighted by Crippen LogP contribution is 2.42. The number of ether oxygens (including phenoxy) is 2. The number of hydrogen-bond acceptors (Lipinski definition) is 3. The van der Waals surface area contributed by atoms with E-state index >= 15 is 0 Å². The summed E-state index contributed by atoms with van der Waals surface area (Å²) in [6, 6.07) is 9.06. The molecule has 3 heterocycles. The molecule has 0 aliphatic carbocycles. The summed E-state index contributed by atoms with van der Waals surface area (Å²) in [4.78, 5) is 11.7. The van der Waals surface area contributed by atoms with Crippen molar-refractivity contribution in [3.63, 3.8) is 0 Å². The second kappa shape index (κ2) is 4.78. The van der Waals surface area contributed by atoms with Crippen LogP contribution in [0.1, 0.15) is 10.4 Å². The molecule has 1 N–H and O–H groups in total. The van der Waals surface area contributed by atoms with E-state index in [4.69, 9.17) is 9.47 Å². The number of aromatic nitrogens is 1. The minimum Gasteiger partial charge on any atom is -0.478 e. The van der Waals surface area contributed by atoms with Gasteiger partial charge in [-0.2, -0.15) is 0 Å². The number of carboxylic acid groups (broad SMARTS) is 1. The maximum atomic E-state index is 11.7. The van der Waals surface area contributed by atoms with Crippen LogP contribution in [-0.4, -0.2) is 22.3 Å². The van der Waals surface area contributed by atoms with Gasteiger partial charge in [0.25, 0.3) is 0 Å². The number of carbonyl (C=O) groups is 1. The minimum absolute atomic E-state index is 0.175. The van der Waals surface area contributed by atoms with Crippen LogP contribution in [0.5, 0.6) is 11.5 Å². The molecule has 0 atom stereocenters. The van der Waals surface area contributed by atoms with E-state index in [0.717, 1.165) is 10.0 Å². The second-order valence-electron chi connectivity index (χ2n) is 4.90. The van der Waals surface area contributed by atoms with Gasteiger partial charge in [0.15, 0.2) is 11.5 Å². The molecule has 3 aromatic rings. The third-order valence-electron chi connectivity index (χ3n) is 3.65. The van der Waals surface area contributed by atoms with Crippen molar-refractivity contribution in [1.29, 1.82) is 0 Å². The summed E-state index contributed by atoms with van der Waals surface area (Å²) in [6.45, 7) is 0.175. The normalized spacial score (nSPS) is 12.8. The maximum absolute atomic E-state index is 11.7. The highest BCUT2D eigenvalue weighted by molar-refractivity contribution is 9.10. The van der Waals surface area contributed by atoms with E-state index in [1.54, 1.807) is 28.8 Å². The summed E-state index contributed by atoms with van der Waals surface area (Å²) in [5.74, 6) is 0.300. The average molecular weight is 360 g/mol. The Morgan fingerprint density at radius 3 is 2.73 bits per heavy atom. The zero-order valence-electron chi connectivity index (χ0n) is 11.2. The summed E-state index contributed by atoms with van der Waals surface area (Å²) in [5, 5.41) is 9.61. The minimum atomic E-state index is -0.965. The van der Waals surface area contributed by atoms with Gasteiger partial charge in [-0.15, -0.1) is 0 Å². The van der Waals surface area contributed by atoms with Gasteiger partial charge in [0.1, 0.15) is 0 Å². The van der Waals surface area contributed by atoms with Gasteiger partial charge in [-0.05, 0) is 24.3 Å². The van der Waals surface area contributed by atoms with Gasteiger partial charge in [0.05, 0.1) is 11.1 Å². The van der Waals surface area contributed by atoms with Crippen LogP contribution in [0.2, 0.25) is 0 Å². The van der Waals surface area contributed by atoms with E-state index in [1.165, 1.54) is 0 Å². The molecule has 1 aliphatic heterocycles. The van der Waals surface area contributed by atoms with E-state index in [-0.39, 0.29) is 12.4 Å². The topological polar surface area (TPSA) is 60.2 Å². The lowest BCUT2D eigenvalue weighted by Crippen LogP contribution is -1.98. The van der Waals surface area contributed by atoms with Crippen molar-refractivity contribution in [1.82, 2.24) is 4.40 Å². The summed E-state index contributed by atoms with van der Waals surface area (Å²) < 4.78 is 13.3. The first-order chi connectivity index (χ1) is 10.6. The smallest absolute Gasteiger partial charge is 0.338 e. The fourth-order valence-electron chi connectivity index (χ4n) is 2.67. The molecule has 0 unspecified atom stereocenters. The Hall–Kier alpha value is -2.47. The van der Waals surface area contributed by atoms with Crippen LogP contribution < -0.4 is 9.47 Å². The fraction of sp³-hybridized carbons (Fsp3) is 0.0625. The molecule has 2 aromatic heterocycles. The molecule has 4 rings (SSSR count). The lowest BCUT2D eigenvalue weighted by atomic mass is 10.0. The Morgan fingerprint density at radius 2 is 1.95 bits per heavy atom. The van der Waals surface area contributed by atoms with E-state index in [1.807, 2.05) is 18.3 Å². The van der Waals surface area contributed by atoms with Crippen LogP contribution in [0, 0.1) is 0 Å². The quantitative estimate of drug-likeness (QED) is 0.755. The molecule has 22 heavy (non-hydrogen) atoms. The van der Waals surface area contributed by atoms with E-state index in [2.05, 4.69) is 15.9 Å². The number of hydrogen-bond donors (Lipinski definition) is 1. The Morgan fingerprint density at radius 1 is 1.18 bits per heavy atom. The van der Waals surface area contributed by atoms with Gasteiger partial charge >= 0.3 is 5.97 Å². The Balaban J connectivity index is 2.02. The third kappa shape index (κ3) is 1.88. The molecule has 0 bridgehead atoms. The monoisotopic (exact) mass is 359 g/mol. The zero-order valence-corrected chi connectivity index (χ0v) is 12.8. The van der Waals surface area contributed by atoms with Crippen LogP contribution >= 0.6 is 15.9 Å². The second-order valence-corrected chi connectivity index (χ2v) is 5.76. The van der Waals surface area contributed by atoms with Gasteiger partial charge < -0.3 is 19.0 Å². The largest absolute Gasteiger partial charge is 0.478 e.